The van der Waals surface area contributed by atoms with Crippen molar-refractivity contribution in [2.75, 3.05) is 26.7 Å². The van der Waals surface area contributed by atoms with E-state index in [0.717, 1.165) is 25.9 Å². The van der Waals surface area contributed by atoms with Gasteiger partial charge >= 0.3 is 0 Å². The first-order chi connectivity index (χ1) is 7.83. The van der Waals surface area contributed by atoms with Gasteiger partial charge < -0.3 is 10.6 Å². The van der Waals surface area contributed by atoms with E-state index in [-0.39, 0.29) is 4.99 Å². The molecule has 100 valence electrons. The van der Waals surface area contributed by atoms with Crippen LogP contribution in [-0.4, -0.2) is 50.2 Å². The van der Waals surface area contributed by atoms with Crippen molar-refractivity contribution in [3.05, 3.63) is 0 Å². The minimum atomic E-state index is -3.41. The van der Waals surface area contributed by atoms with E-state index in [2.05, 4.69) is 16.7 Å². The largest absolute Gasteiger partial charge is 0.392 e. The molecule has 5 nitrogen and oxygen atoms in total. The van der Waals surface area contributed by atoms with Crippen molar-refractivity contribution in [1.82, 2.24) is 9.62 Å². The summed E-state index contributed by atoms with van der Waals surface area (Å²) in [5, 5.41) is -0.807. The zero-order valence-corrected chi connectivity index (χ0v) is 12.0. The predicted octanol–water partition coefficient (Wildman–Crippen LogP) is -0.0778. The van der Waals surface area contributed by atoms with Crippen molar-refractivity contribution in [3.63, 3.8) is 0 Å². The van der Waals surface area contributed by atoms with Gasteiger partial charge in [-0.2, -0.15) is 0 Å². The number of piperidine rings is 1. The van der Waals surface area contributed by atoms with Crippen LogP contribution in [0.5, 0.6) is 0 Å². The summed E-state index contributed by atoms with van der Waals surface area (Å²) in [5.74, 6) is 0.377. The van der Waals surface area contributed by atoms with Gasteiger partial charge in [-0.25, -0.2) is 13.1 Å². The van der Waals surface area contributed by atoms with Crippen molar-refractivity contribution in [3.8, 4) is 0 Å². The maximum absolute atomic E-state index is 11.8. The summed E-state index contributed by atoms with van der Waals surface area (Å²) in [7, 11) is -1.36. The first kappa shape index (κ1) is 14.8. The average Bonchev–Trinajstić information content (AvgIpc) is 2.25. The molecule has 0 radical (unpaired) electrons. The number of hydrogen-bond acceptors (Lipinski definition) is 4. The van der Waals surface area contributed by atoms with Gasteiger partial charge in [0, 0.05) is 13.1 Å². The molecule has 3 N–H and O–H groups in total. The summed E-state index contributed by atoms with van der Waals surface area (Å²) < 4.78 is 26.2. The lowest BCUT2D eigenvalue weighted by molar-refractivity contribution is 0.211. The monoisotopic (exact) mass is 279 g/mol. The lowest BCUT2D eigenvalue weighted by Gasteiger charge is -2.29. The topological polar surface area (TPSA) is 75.4 Å². The number of nitrogens with one attached hydrogen (secondary N) is 1. The molecule has 0 spiro atoms. The van der Waals surface area contributed by atoms with Gasteiger partial charge in [-0.15, -0.1) is 0 Å². The minimum absolute atomic E-state index is 0.0123. The molecule has 1 fully saturated rings. The van der Waals surface area contributed by atoms with E-state index in [9.17, 15) is 8.42 Å². The maximum Gasteiger partial charge on any atom is 0.220 e. The SMILES string of the molecule is CC(C(N)=S)S(=O)(=O)NCC1CCCN(C)C1. The van der Waals surface area contributed by atoms with Crippen LogP contribution in [0.3, 0.4) is 0 Å². The Morgan fingerprint density at radius 2 is 2.29 bits per heavy atom. The molecule has 0 aliphatic carbocycles. The third-order valence-corrected chi connectivity index (χ3v) is 5.42. The summed E-state index contributed by atoms with van der Waals surface area (Å²) >= 11 is 4.71. The van der Waals surface area contributed by atoms with Gasteiger partial charge in [0.25, 0.3) is 0 Å². The number of hydrogen-bond donors (Lipinski definition) is 2. The molecule has 0 amide bonds. The van der Waals surface area contributed by atoms with Crippen LogP contribution in [0.2, 0.25) is 0 Å². The van der Waals surface area contributed by atoms with Gasteiger partial charge in [-0.05, 0) is 39.3 Å². The van der Waals surface area contributed by atoms with Crippen LogP contribution in [0.25, 0.3) is 0 Å². The van der Waals surface area contributed by atoms with Crippen LogP contribution in [0.4, 0.5) is 0 Å². The molecule has 1 heterocycles. The Morgan fingerprint density at radius 3 is 2.82 bits per heavy atom. The van der Waals surface area contributed by atoms with Crippen LogP contribution in [-0.2, 0) is 10.0 Å². The van der Waals surface area contributed by atoms with Gasteiger partial charge in [-0.3, -0.25) is 0 Å². The molecule has 2 atom stereocenters. The molecular formula is C10H21N3O2S2. The molecule has 17 heavy (non-hydrogen) atoms. The van der Waals surface area contributed by atoms with Crippen LogP contribution in [0.1, 0.15) is 19.8 Å². The Balaban J connectivity index is 2.47. The second-order valence-electron chi connectivity index (χ2n) is 4.71. The highest BCUT2D eigenvalue weighted by atomic mass is 32.2. The molecule has 0 saturated carbocycles. The summed E-state index contributed by atoms with van der Waals surface area (Å²) in [5.41, 5.74) is 5.36. The highest BCUT2D eigenvalue weighted by Gasteiger charge is 2.25. The van der Waals surface area contributed by atoms with E-state index >= 15 is 0 Å². The van der Waals surface area contributed by atoms with Crippen LogP contribution < -0.4 is 10.5 Å². The Morgan fingerprint density at radius 1 is 1.65 bits per heavy atom. The van der Waals surface area contributed by atoms with Crippen molar-refractivity contribution >= 4 is 27.2 Å². The lowest BCUT2D eigenvalue weighted by Crippen LogP contribution is -2.44. The minimum Gasteiger partial charge on any atom is -0.392 e. The van der Waals surface area contributed by atoms with Crippen LogP contribution in [0, 0.1) is 5.92 Å². The van der Waals surface area contributed by atoms with E-state index in [4.69, 9.17) is 18.0 Å². The van der Waals surface area contributed by atoms with Crippen molar-refractivity contribution < 1.29 is 8.42 Å². The first-order valence-electron chi connectivity index (χ1n) is 5.79. The molecule has 1 saturated heterocycles. The molecule has 0 bridgehead atoms. The first-order valence-corrected chi connectivity index (χ1v) is 7.74. The van der Waals surface area contributed by atoms with Crippen molar-refractivity contribution in [2.45, 2.75) is 25.0 Å². The lowest BCUT2D eigenvalue weighted by atomic mass is 9.99. The Labute approximate surface area is 109 Å². The Hall–Kier alpha value is -0.240. The van der Waals surface area contributed by atoms with E-state index in [1.165, 1.54) is 6.92 Å². The number of nitrogens with zero attached hydrogens (tertiary/aromatic N) is 1. The summed E-state index contributed by atoms with van der Waals surface area (Å²) in [6.45, 7) is 4.01. The normalized spacial score (nSPS) is 24.5. The number of rotatable bonds is 5. The van der Waals surface area contributed by atoms with Crippen LogP contribution in [0.15, 0.2) is 0 Å². The fraction of sp³-hybridized carbons (Fsp3) is 0.900. The zero-order valence-electron chi connectivity index (χ0n) is 10.3. The zero-order chi connectivity index (χ0) is 13.1. The second-order valence-corrected chi connectivity index (χ2v) is 7.27. The Kier molecular flexibility index (Phi) is 5.30. The van der Waals surface area contributed by atoms with E-state index in [1.807, 2.05) is 0 Å². The van der Waals surface area contributed by atoms with Gasteiger partial charge in [0.2, 0.25) is 10.0 Å². The third-order valence-electron chi connectivity index (χ3n) is 3.16. The predicted molar refractivity (Wildman–Crippen MR) is 73.4 cm³/mol. The van der Waals surface area contributed by atoms with Gasteiger partial charge in [-0.1, -0.05) is 12.2 Å². The highest BCUT2D eigenvalue weighted by molar-refractivity contribution is 7.93. The van der Waals surface area contributed by atoms with Crippen molar-refractivity contribution in [2.24, 2.45) is 11.7 Å². The molecule has 2 unspecified atom stereocenters. The molecule has 0 aromatic rings. The molecule has 1 rings (SSSR count). The summed E-state index contributed by atoms with van der Waals surface area (Å²) in [4.78, 5) is 2.23. The Bertz CT molecular complexity index is 370. The number of nitrogens with two attached hydrogens (primary N) is 1. The quantitative estimate of drug-likeness (QED) is 0.689. The van der Waals surface area contributed by atoms with E-state index in [1.54, 1.807) is 0 Å². The third kappa shape index (κ3) is 4.50. The molecular weight excluding hydrogens is 258 g/mol. The fourth-order valence-corrected chi connectivity index (χ4v) is 3.36. The second kappa shape index (κ2) is 6.08. The smallest absolute Gasteiger partial charge is 0.220 e. The highest BCUT2D eigenvalue weighted by Crippen LogP contribution is 2.14. The van der Waals surface area contributed by atoms with Gasteiger partial charge in [0.15, 0.2) is 0 Å². The summed E-state index contributed by atoms with van der Waals surface area (Å²) in [6.07, 6.45) is 2.18. The average molecular weight is 279 g/mol. The maximum atomic E-state index is 11.8. The fourth-order valence-electron chi connectivity index (χ4n) is 1.95. The number of sulfonamides is 1. The number of likely N-dealkylation sites (tertiary alicyclic amines) is 1. The molecule has 1 aliphatic rings. The summed E-state index contributed by atoms with van der Waals surface area (Å²) in [6, 6.07) is 0. The molecule has 7 heteroatoms. The molecule has 0 aromatic carbocycles. The molecule has 0 aromatic heterocycles. The number of thiocarbonyl (C=S) groups is 1. The van der Waals surface area contributed by atoms with E-state index < -0.39 is 15.3 Å². The van der Waals surface area contributed by atoms with Gasteiger partial charge in [0.05, 0.1) is 4.99 Å². The van der Waals surface area contributed by atoms with Gasteiger partial charge in [0.1, 0.15) is 5.25 Å². The van der Waals surface area contributed by atoms with Crippen molar-refractivity contribution in [1.29, 1.82) is 0 Å². The van der Waals surface area contributed by atoms with Crippen LogP contribution >= 0.6 is 12.2 Å². The van der Waals surface area contributed by atoms with E-state index in [0.29, 0.717) is 12.5 Å². The molecule has 1 aliphatic heterocycles. The standard InChI is InChI=1S/C10H21N3O2S2/c1-8(10(11)16)17(14,15)12-6-9-4-3-5-13(2)7-9/h8-9,12H,3-7H2,1-2H3,(H2,11,16).